The highest BCUT2D eigenvalue weighted by molar-refractivity contribution is 7.43. The standard InChI is InChI=1S/C53H58O6P2.C30H45O3P.CH4/c1-49(2,39-21-13-9-14-22-39)43-29-31-47(45(33-43)51(5,6)41-25-17-11-18-26-41)58-60-54-35-53(36-55-60)37-56-61(57-38-53)59-48-32-30-44(50(3,4)40-23-15-10-16-24-40)34-46(48)52(7,8)42-27-19-12-20-28-42;1-27(2,3)21-15-19-14-20-16-22(28(4,5)6)18-24(30(10,11)12)26(20)33-34(31-13)32-25(19)23(17-21)29(7,8)9;/h9-34H,35-38H2,1-8H3;15-18H,14H2,1-13H3;1H4. The summed E-state index contributed by atoms with van der Waals surface area (Å²) in [6.07, 6.45) is 0.761. The summed E-state index contributed by atoms with van der Waals surface area (Å²) < 4.78 is 57.8. The van der Waals surface area contributed by atoms with Gasteiger partial charge in [0.05, 0.1) is 31.8 Å². The van der Waals surface area contributed by atoms with Crippen LogP contribution in [0.4, 0.5) is 0 Å². The van der Waals surface area contributed by atoms with Crippen molar-refractivity contribution in [2.24, 2.45) is 5.41 Å². The van der Waals surface area contributed by atoms with E-state index < -0.39 is 31.2 Å². The van der Waals surface area contributed by atoms with Crippen molar-refractivity contribution >= 4 is 25.8 Å². The number of fused-ring (bicyclic) bond motifs is 2. The van der Waals surface area contributed by atoms with Gasteiger partial charge >= 0.3 is 25.8 Å². The highest BCUT2D eigenvalue weighted by Crippen LogP contribution is 2.57. The lowest BCUT2D eigenvalue weighted by atomic mass is 9.73. The third-order valence-electron chi connectivity index (χ3n) is 19.5. The minimum atomic E-state index is -1.67. The minimum Gasteiger partial charge on any atom is -0.426 e. The number of hydrogen-bond donors (Lipinski definition) is 0. The van der Waals surface area contributed by atoms with Gasteiger partial charge < -0.3 is 36.2 Å². The van der Waals surface area contributed by atoms with Gasteiger partial charge in [0.2, 0.25) is 0 Å². The lowest BCUT2D eigenvalue weighted by molar-refractivity contribution is -0.0673. The van der Waals surface area contributed by atoms with Crippen LogP contribution in [0.1, 0.15) is 224 Å². The molecule has 1 spiro atoms. The fraction of sp³-hybridized carbons (Fsp3) is 0.429. The molecule has 2 saturated heterocycles. The first-order valence-corrected chi connectivity index (χ1v) is 36.9. The van der Waals surface area contributed by atoms with Crippen molar-refractivity contribution in [1.82, 2.24) is 0 Å². The maximum atomic E-state index is 6.66. The predicted molar refractivity (Wildman–Crippen MR) is 401 cm³/mol. The Bertz CT molecular complexity index is 3660. The average molecular weight is 1350 g/mol. The molecule has 0 amide bonds. The Morgan fingerprint density at radius 2 is 0.604 bits per heavy atom. The molecule has 9 nitrogen and oxygen atoms in total. The van der Waals surface area contributed by atoms with Crippen molar-refractivity contribution in [3.8, 4) is 23.0 Å². The molecular weight excluding hydrogens is 1250 g/mol. The monoisotopic (exact) mass is 1350 g/mol. The molecule has 0 aliphatic carbocycles. The van der Waals surface area contributed by atoms with Crippen LogP contribution in [0.25, 0.3) is 0 Å². The van der Waals surface area contributed by atoms with Gasteiger partial charge in [-0.2, -0.15) is 0 Å². The maximum Gasteiger partial charge on any atom is 0.462 e. The molecule has 12 heteroatoms. The van der Waals surface area contributed by atoms with Crippen molar-refractivity contribution in [3.05, 3.63) is 260 Å². The zero-order valence-corrected chi connectivity index (χ0v) is 63.1. The fourth-order valence-electron chi connectivity index (χ4n) is 12.7. The van der Waals surface area contributed by atoms with E-state index in [1.807, 2.05) is 0 Å². The van der Waals surface area contributed by atoms with E-state index in [9.17, 15) is 0 Å². The highest BCUT2D eigenvalue weighted by Gasteiger charge is 2.46. The third-order valence-corrected chi connectivity index (χ3v) is 22.5. The first-order valence-electron chi connectivity index (χ1n) is 33.6. The summed E-state index contributed by atoms with van der Waals surface area (Å²) in [5, 5.41) is 0. The van der Waals surface area contributed by atoms with E-state index in [0.29, 0.717) is 26.4 Å². The summed E-state index contributed by atoms with van der Waals surface area (Å²) in [6.45, 7) is 46.7. The van der Waals surface area contributed by atoms with E-state index in [-0.39, 0.29) is 50.7 Å². The van der Waals surface area contributed by atoms with Gasteiger partial charge in [0, 0.05) is 57.4 Å². The van der Waals surface area contributed by atoms with Crippen LogP contribution in [0.3, 0.4) is 0 Å². The summed E-state index contributed by atoms with van der Waals surface area (Å²) in [6, 6.07) is 64.9. The molecule has 3 aliphatic rings. The van der Waals surface area contributed by atoms with Crippen LogP contribution in [-0.2, 0) is 72.4 Å². The van der Waals surface area contributed by atoms with Crippen LogP contribution >= 0.6 is 25.8 Å². The van der Waals surface area contributed by atoms with Crippen LogP contribution in [-0.4, -0.2) is 33.5 Å². The fourth-order valence-corrected chi connectivity index (χ4v) is 16.1. The topological polar surface area (TPSA) is 83.1 Å². The van der Waals surface area contributed by atoms with Gasteiger partial charge in [-0.05, 0) is 89.4 Å². The van der Waals surface area contributed by atoms with Gasteiger partial charge in [-0.25, -0.2) is 0 Å². The number of hydrogen-bond acceptors (Lipinski definition) is 9. The molecule has 0 bridgehead atoms. The summed E-state index contributed by atoms with van der Waals surface area (Å²) in [5.41, 5.74) is 15.2. The van der Waals surface area contributed by atoms with E-state index in [1.165, 1.54) is 66.8 Å². The summed E-state index contributed by atoms with van der Waals surface area (Å²) in [7, 11) is -3.25. The molecule has 0 N–H and O–H groups in total. The number of rotatable bonds is 13. The second-order valence-electron chi connectivity index (χ2n) is 32.4. The average Bonchev–Trinajstić information content (AvgIpc) is 0.778. The lowest BCUT2D eigenvalue weighted by Crippen LogP contribution is -2.45. The van der Waals surface area contributed by atoms with E-state index >= 15 is 0 Å². The highest BCUT2D eigenvalue weighted by atomic mass is 31.2. The molecule has 11 rings (SSSR count). The minimum absolute atomic E-state index is 0. The molecule has 0 radical (unpaired) electrons. The van der Waals surface area contributed by atoms with Crippen molar-refractivity contribution in [2.75, 3.05) is 33.5 Å². The predicted octanol–water partition coefficient (Wildman–Crippen LogP) is 23.7. The van der Waals surface area contributed by atoms with Crippen molar-refractivity contribution in [3.63, 3.8) is 0 Å². The first kappa shape index (κ1) is 74.3. The second-order valence-corrected chi connectivity index (χ2v) is 35.9. The normalized spacial score (nSPS) is 18.2. The van der Waals surface area contributed by atoms with Crippen molar-refractivity contribution in [1.29, 1.82) is 0 Å². The van der Waals surface area contributed by atoms with E-state index in [2.05, 4.69) is 320 Å². The molecule has 2 fully saturated rings. The summed E-state index contributed by atoms with van der Waals surface area (Å²) in [4.78, 5) is 0. The Kier molecular flexibility index (Phi) is 22.2. The second kappa shape index (κ2) is 28.7. The molecule has 0 aromatic heterocycles. The van der Waals surface area contributed by atoms with Crippen LogP contribution in [0.15, 0.2) is 182 Å². The Balaban J connectivity index is 0.000000262. The smallest absolute Gasteiger partial charge is 0.426 e. The van der Waals surface area contributed by atoms with Crippen LogP contribution in [0, 0.1) is 5.41 Å². The lowest BCUT2D eigenvalue weighted by Gasteiger charge is -2.41. The van der Waals surface area contributed by atoms with Gasteiger partial charge in [-0.3, -0.25) is 4.52 Å². The van der Waals surface area contributed by atoms with Gasteiger partial charge in [0.25, 0.3) is 0 Å². The Morgan fingerprint density at radius 3 is 0.885 bits per heavy atom. The molecule has 3 aliphatic heterocycles. The SMILES string of the molecule is C.CC(C)(c1ccccc1)c1ccc(OP2OCC3(CO2)COP(Oc2ccc(C(C)(C)c4ccccc4)cc2C(C)(C)c2ccccc2)OC3)c(C(C)(C)c2ccccc2)c1.COP1Oc2c(cc(C(C)(C)C)cc2C(C)(C)C)Cc2cc(C(C)(C)C)cc(C(C)(C)C)c2O1. The molecule has 8 aromatic carbocycles. The van der Waals surface area contributed by atoms with Gasteiger partial charge in [-0.15, -0.1) is 0 Å². The number of benzene rings is 8. The molecular formula is C84H107O9P3. The van der Waals surface area contributed by atoms with Gasteiger partial charge in [0.1, 0.15) is 23.0 Å². The quantitative estimate of drug-likeness (QED) is 0.105. The molecule has 3 heterocycles. The Labute approximate surface area is 580 Å². The van der Waals surface area contributed by atoms with E-state index in [0.717, 1.165) is 40.5 Å². The maximum absolute atomic E-state index is 6.66. The van der Waals surface area contributed by atoms with E-state index in [1.54, 1.807) is 7.11 Å². The molecule has 0 unspecified atom stereocenters. The molecule has 0 saturated carbocycles. The van der Waals surface area contributed by atoms with Crippen molar-refractivity contribution < 1.29 is 40.7 Å². The molecule has 0 atom stereocenters. The summed E-state index contributed by atoms with van der Waals surface area (Å²) in [5.74, 6) is 3.34. The zero-order valence-electron chi connectivity index (χ0n) is 60.4. The molecule has 8 aromatic rings. The first-order chi connectivity index (χ1) is 44.5. The largest absolute Gasteiger partial charge is 0.462 e. The Morgan fingerprint density at radius 1 is 0.312 bits per heavy atom. The van der Waals surface area contributed by atoms with Crippen LogP contribution in [0.2, 0.25) is 0 Å². The van der Waals surface area contributed by atoms with E-state index in [4.69, 9.17) is 40.7 Å². The van der Waals surface area contributed by atoms with Crippen molar-refractivity contribution in [2.45, 2.75) is 196 Å². The Hall–Kier alpha value is -5.95. The summed E-state index contributed by atoms with van der Waals surface area (Å²) >= 11 is 0. The van der Waals surface area contributed by atoms with Gasteiger partial charge in [-0.1, -0.05) is 316 Å². The third kappa shape index (κ3) is 16.3. The van der Waals surface area contributed by atoms with Gasteiger partial charge in [0.15, 0.2) is 0 Å². The molecule has 96 heavy (non-hydrogen) atoms. The molecule has 512 valence electrons. The van der Waals surface area contributed by atoms with Crippen LogP contribution in [0.5, 0.6) is 23.0 Å². The zero-order chi connectivity index (χ0) is 68.7. The van der Waals surface area contributed by atoms with Crippen LogP contribution < -0.4 is 18.1 Å².